The Kier molecular flexibility index (Phi) is 4.23. The minimum absolute atomic E-state index is 0.0514. The van der Waals surface area contributed by atoms with E-state index in [0.717, 1.165) is 12.4 Å². The van der Waals surface area contributed by atoms with Crippen LogP contribution in [0.25, 0.3) is 0 Å². The molecule has 0 aromatic carbocycles. The van der Waals surface area contributed by atoms with Crippen LogP contribution in [0.2, 0.25) is 0 Å². The van der Waals surface area contributed by atoms with Gasteiger partial charge in [0.15, 0.2) is 5.41 Å². The van der Waals surface area contributed by atoms with Crippen LogP contribution in [0.1, 0.15) is 17.8 Å². The van der Waals surface area contributed by atoms with Gasteiger partial charge >= 0.3 is 6.18 Å². The van der Waals surface area contributed by atoms with Crippen molar-refractivity contribution < 1.29 is 13.2 Å². The summed E-state index contributed by atoms with van der Waals surface area (Å²) < 4.78 is 36.8. The molecule has 0 amide bonds. The molecule has 0 aliphatic rings. The summed E-state index contributed by atoms with van der Waals surface area (Å²) in [6.45, 7) is 3.45. The van der Waals surface area contributed by atoms with Gasteiger partial charge in [0, 0.05) is 18.8 Å². The molecule has 0 aliphatic heterocycles. The van der Waals surface area contributed by atoms with Crippen LogP contribution in [-0.4, -0.2) is 9.97 Å². The van der Waals surface area contributed by atoms with Crippen LogP contribution in [-0.2, 0) is 12.6 Å². The molecule has 0 N–H and O–H groups in total. The molecule has 1 aromatic heterocycles. The van der Waals surface area contributed by atoms with Crippen molar-refractivity contribution in [1.29, 1.82) is 10.5 Å². The number of halogens is 3. The number of alkyl halides is 3. The molecule has 0 atom stereocenters. The van der Waals surface area contributed by atoms with Gasteiger partial charge in [-0.25, -0.2) is 9.97 Å². The molecule has 0 bridgehead atoms. The second-order valence-electron chi connectivity index (χ2n) is 3.89. The molecule has 1 rings (SSSR count). The Hall–Kier alpha value is -2.41. The quantitative estimate of drug-likeness (QED) is 0.785. The van der Waals surface area contributed by atoms with E-state index in [1.807, 2.05) is 12.1 Å². The lowest BCUT2D eigenvalue weighted by Gasteiger charge is -2.16. The van der Waals surface area contributed by atoms with E-state index >= 15 is 0 Å². The highest BCUT2D eigenvalue weighted by atomic mass is 19.4. The summed E-state index contributed by atoms with van der Waals surface area (Å²) >= 11 is 0. The highest BCUT2D eigenvalue weighted by Crippen LogP contribution is 2.28. The Balaban J connectivity index is 2.98. The summed E-state index contributed by atoms with van der Waals surface area (Å²) in [4.78, 5) is 6.36. The van der Waals surface area contributed by atoms with Crippen LogP contribution < -0.4 is 0 Å². The molecule has 0 spiro atoms. The van der Waals surface area contributed by atoms with Crippen molar-refractivity contribution in [2.24, 2.45) is 5.41 Å². The minimum atomic E-state index is -4.61. The molecule has 1 heterocycles. The fraction of sp³-hybridized carbons (Fsp3) is 0.333. The molecule has 98 valence electrons. The number of hydrogen-bond acceptors (Lipinski definition) is 4. The first-order valence-electron chi connectivity index (χ1n) is 5.18. The maximum atomic E-state index is 12.3. The fourth-order valence-corrected chi connectivity index (χ4v) is 1.45. The topological polar surface area (TPSA) is 73.4 Å². The van der Waals surface area contributed by atoms with Crippen molar-refractivity contribution in [2.75, 3.05) is 0 Å². The lowest BCUT2D eigenvalue weighted by Crippen LogP contribution is -2.19. The maximum absolute atomic E-state index is 12.3. The van der Waals surface area contributed by atoms with Gasteiger partial charge in [0.2, 0.25) is 5.82 Å². The molecule has 7 heteroatoms. The van der Waals surface area contributed by atoms with E-state index in [9.17, 15) is 13.2 Å². The molecule has 0 radical (unpaired) electrons. The van der Waals surface area contributed by atoms with Crippen LogP contribution in [0.4, 0.5) is 13.2 Å². The van der Waals surface area contributed by atoms with Crippen molar-refractivity contribution in [1.82, 2.24) is 9.97 Å². The van der Waals surface area contributed by atoms with Gasteiger partial charge in [0.25, 0.3) is 0 Å². The molecule has 4 nitrogen and oxygen atoms in total. The molecular formula is C12H9F3N4. The summed E-state index contributed by atoms with van der Waals surface area (Å²) in [5.74, 6) is -1.25. The van der Waals surface area contributed by atoms with Crippen molar-refractivity contribution >= 4 is 0 Å². The van der Waals surface area contributed by atoms with E-state index in [0.29, 0.717) is 0 Å². The van der Waals surface area contributed by atoms with Crippen molar-refractivity contribution in [3.8, 4) is 12.1 Å². The monoisotopic (exact) mass is 266 g/mol. The van der Waals surface area contributed by atoms with Gasteiger partial charge in [-0.15, -0.1) is 6.58 Å². The number of nitriles is 2. The Bertz CT molecular complexity index is 520. The van der Waals surface area contributed by atoms with E-state index in [1.54, 1.807) is 0 Å². The van der Waals surface area contributed by atoms with Gasteiger partial charge in [-0.2, -0.15) is 23.7 Å². The third kappa shape index (κ3) is 3.52. The number of aromatic nitrogens is 2. The molecule has 0 fully saturated rings. The summed E-state index contributed by atoms with van der Waals surface area (Å²) in [5, 5.41) is 18.0. The molecule has 0 saturated carbocycles. The average Bonchev–Trinajstić information content (AvgIpc) is 2.37. The third-order valence-corrected chi connectivity index (χ3v) is 2.39. The standard InChI is InChI=1S/C12H9F3N4/c1-2-3-11(7-16,8-17)4-9-5-18-10(19-6-9)12(13,14)15/h2,5-6H,1,3-4H2. The third-order valence-electron chi connectivity index (χ3n) is 2.39. The lowest BCUT2D eigenvalue weighted by molar-refractivity contribution is -0.145. The zero-order valence-electron chi connectivity index (χ0n) is 9.78. The van der Waals surface area contributed by atoms with Crippen LogP contribution in [0, 0.1) is 28.1 Å². The molecule has 0 aliphatic carbocycles. The summed E-state index contributed by atoms with van der Waals surface area (Å²) in [5.41, 5.74) is -1.07. The van der Waals surface area contributed by atoms with Crippen LogP contribution >= 0.6 is 0 Å². The second-order valence-corrected chi connectivity index (χ2v) is 3.89. The van der Waals surface area contributed by atoms with E-state index in [4.69, 9.17) is 10.5 Å². The van der Waals surface area contributed by atoms with Crippen LogP contribution in [0.5, 0.6) is 0 Å². The van der Waals surface area contributed by atoms with Crippen molar-refractivity contribution in [3.63, 3.8) is 0 Å². The molecule has 0 unspecified atom stereocenters. The molecule has 1 aromatic rings. The number of hydrogen-bond donors (Lipinski definition) is 0. The Morgan fingerprint density at radius 3 is 2.11 bits per heavy atom. The maximum Gasteiger partial charge on any atom is 0.451 e. The fourth-order valence-electron chi connectivity index (χ4n) is 1.45. The van der Waals surface area contributed by atoms with Crippen LogP contribution in [0.15, 0.2) is 25.0 Å². The number of rotatable bonds is 4. The zero-order chi connectivity index (χ0) is 14.5. The van der Waals surface area contributed by atoms with E-state index < -0.39 is 17.4 Å². The molecule has 0 saturated heterocycles. The highest BCUT2D eigenvalue weighted by Gasteiger charge is 2.35. The second kappa shape index (κ2) is 5.49. The number of nitrogens with zero attached hydrogens (tertiary/aromatic N) is 4. The first kappa shape index (κ1) is 14.7. The average molecular weight is 266 g/mol. The predicted octanol–water partition coefficient (Wildman–Crippen LogP) is 2.65. The largest absolute Gasteiger partial charge is 0.451 e. The Morgan fingerprint density at radius 2 is 1.74 bits per heavy atom. The summed E-state index contributed by atoms with van der Waals surface area (Å²) in [6, 6.07) is 3.70. The summed E-state index contributed by atoms with van der Waals surface area (Å²) in [7, 11) is 0. The first-order chi connectivity index (χ1) is 8.87. The SMILES string of the molecule is C=CCC(C#N)(C#N)Cc1cnc(C(F)(F)F)nc1. The number of allylic oxidation sites excluding steroid dienone is 1. The smallest absolute Gasteiger partial charge is 0.233 e. The minimum Gasteiger partial charge on any atom is -0.233 e. The molecule has 19 heavy (non-hydrogen) atoms. The van der Waals surface area contributed by atoms with Gasteiger partial charge < -0.3 is 0 Å². The van der Waals surface area contributed by atoms with E-state index in [-0.39, 0.29) is 18.4 Å². The van der Waals surface area contributed by atoms with Crippen LogP contribution in [0.3, 0.4) is 0 Å². The van der Waals surface area contributed by atoms with Gasteiger partial charge in [0.05, 0.1) is 12.1 Å². The van der Waals surface area contributed by atoms with Gasteiger partial charge in [-0.05, 0) is 12.0 Å². The van der Waals surface area contributed by atoms with E-state index in [1.165, 1.54) is 6.08 Å². The normalized spacial score (nSPS) is 11.4. The summed E-state index contributed by atoms with van der Waals surface area (Å²) in [6.07, 6.45) is -1.19. The zero-order valence-corrected chi connectivity index (χ0v) is 9.78. The van der Waals surface area contributed by atoms with Crippen molar-refractivity contribution in [2.45, 2.75) is 19.0 Å². The van der Waals surface area contributed by atoms with Gasteiger partial charge in [0.1, 0.15) is 0 Å². The lowest BCUT2D eigenvalue weighted by atomic mass is 9.82. The highest BCUT2D eigenvalue weighted by molar-refractivity contribution is 5.22. The van der Waals surface area contributed by atoms with Gasteiger partial charge in [-0.1, -0.05) is 6.08 Å². The Morgan fingerprint density at radius 1 is 1.21 bits per heavy atom. The van der Waals surface area contributed by atoms with E-state index in [2.05, 4.69) is 16.5 Å². The van der Waals surface area contributed by atoms with Gasteiger partial charge in [-0.3, -0.25) is 0 Å². The molecular weight excluding hydrogens is 257 g/mol. The Labute approximate surface area is 107 Å². The first-order valence-corrected chi connectivity index (χ1v) is 5.18. The predicted molar refractivity (Wildman–Crippen MR) is 59.2 cm³/mol. The van der Waals surface area contributed by atoms with Crippen molar-refractivity contribution in [3.05, 3.63) is 36.4 Å².